The van der Waals surface area contributed by atoms with E-state index >= 15 is 0 Å². The van der Waals surface area contributed by atoms with E-state index in [4.69, 9.17) is 5.11 Å². The predicted octanol–water partition coefficient (Wildman–Crippen LogP) is 2.47. The molecule has 1 aromatic rings. The molecule has 5 heteroatoms. The minimum atomic E-state index is -1.21. The molecule has 20 heavy (non-hydrogen) atoms. The Morgan fingerprint density at radius 2 is 2.00 bits per heavy atom. The van der Waals surface area contributed by atoms with Gasteiger partial charge in [-0.3, -0.25) is 4.79 Å². The number of amides is 1. The first-order valence-corrected chi connectivity index (χ1v) is 6.91. The highest BCUT2D eigenvalue weighted by molar-refractivity contribution is 5.96. The number of nitrogens with one attached hydrogen (secondary N) is 1. The van der Waals surface area contributed by atoms with Crippen LogP contribution in [0, 0.1) is 17.8 Å². The third-order valence-corrected chi connectivity index (χ3v) is 4.57. The summed E-state index contributed by atoms with van der Waals surface area (Å²) in [5.74, 6) is -0.315. The highest BCUT2D eigenvalue weighted by Gasteiger charge is 2.43. The number of hydrogen-bond acceptors (Lipinski definition) is 3. The molecule has 0 spiro atoms. The zero-order valence-electron chi connectivity index (χ0n) is 11.0. The molecule has 2 aliphatic rings. The largest absolute Gasteiger partial charge is 0.507 e. The molecule has 5 nitrogen and oxygen atoms in total. The number of aromatic hydroxyl groups is 1. The highest BCUT2D eigenvalue weighted by atomic mass is 16.4. The number of phenols is 1. The van der Waals surface area contributed by atoms with Crippen LogP contribution >= 0.6 is 0 Å². The molecule has 3 unspecified atom stereocenters. The van der Waals surface area contributed by atoms with Crippen molar-refractivity contribution in [2.45, 2.75) is 25.7 Å². The van der Waals surface area contributed by atoms with E-state index in [0.29, 0.717) is 17.5 Å². The molecular formula is C15H17NO4. The maximum Gasteiger partial charge on any atom is 0.339 e. The van der Waals surface area contributed by atoms with Gasteiger partial charge >= 0.3 is 5.97 Å². The second-order valence-electron chi connectivity index (χ2n) is 5.81. The van der Waals surface area contributed by atoms with Crippen LogP contribution in [0.2, 0.25) is 0 Å². The van der Waals surface area contributed by atoms with E-state index in [1.807, 2.05) is 0 Å². The zero-order chi connectivity index (χ0) is 14.3. The topological polar surface area (TPSA) is 86.6 Å². The lowest BCUT2D eigenvalue weighted by atomic mass is 9.88. The second-order valence-corrected chi connectivity index (χ2v) is 5.81. The van der Waals surface area contributed by atoms with Crippen molar-refractivity contribution in [3.8, 4) is 5.75 Å². The van der Waals surface area contributed by atoms with Crippen LogP contribution in [0.15, 0.2) is 18.2 Å². The van der Waals surface area contributed by atoms with Crippen LogP contribution < -0.4 is 5.32 Å². The van der Waals surface area contributed by atoms with E-state index in [9.17, 15) is 14.7 Å². The molecule has 2 saturated carbocycles. The molecule has 0 saturated heterocycles. The normalized spacial score (nSPS) is 27.5. The van der Waals surface area contributed by atoms with Crippen LogP contribution in [0.1, 0.15) is 36.0 Å². The molecule has 0 heterocycles. The smallest absolute Gasteiger partial charge is 0.339 e. The fraction of sp³-hybridized carbons (Fsp3) is 0.467. The summed E-state index contributed by atoms with van der Waals surface area (Å²) in [6.45, 7) is 0. The second kappa shape index (κ2) is 4.81. The van der Waals surface area contributed by atoms with Crippen LogP contribution in [-0.2, 0) is 4.79 Å². The molecule has 1 amide bonds. The molecule has 3 rings (SSSR count). The summed E-state index contributed by atoms with van der Waals surface area (Å²) in [5.41, 5.74) is 0.226. The van der Waals surface area contributed by atoms with Gasteiger partial charge in [0.25, 0.3) is 0 Å². The number of carbonyl (C=O) groups excluding carboxylic acids is 1. The lowest BCUT2D eigenvalue weighted by Gasteiger charge is -2.20. The van der Waals surface area contributed by atoms with Crippen LogP contribution in [0.25, 0.3) is 0 Å². The van der Waals surface area contributed by atoms with E-state index in [2.05, 4.69) is 5.32 Å². The van der Waals surface area contributed by atoms with Crippen molar-refractivity contribution in [3.05, 3.63) is 23.8 Å². The van der Waals surface area contributed by atoms with Crippen LogP contribution in [0.5, 0.6) is 5.75 Å². The molecule has 3 N–H and O–H groups in total. The van der Waals surface area contributed by atoms with Gasteiger partial charge in [-0.25, -0.2) is 4.79 Å². The van der Waals surface area contributed by atoms with Gasteiger partial charge in [0.1, 0.15) is 11.3 Å². The number of carboxylic acid groups (broad SMARTS) is 1. The molecule has 106 valence electrons. The number of anilines is 1. The van der Waals surface area contributed by atoms with Gasteiger partial charge in [0, 0.05) is 11.6 Å². The van der Waals surface area contributed by atoms with Crippen molar-refractivity contribution in [2.24, 2.45) is 17.8 Å². The van der Waals surface area contributed by atoms with Gasteiger partial charge < -0.3 is 15.5 Å². The van der Waals surface area contributed by atoms with Crippen molar-refractivity contribution < 1.29 is 19.8 Å². The average Bonchev–Trinajstić information content (AvgIpc) is 3.03. The average molecular weight is 275 g/mol. The number of carbonyl (C=O) groups is 2. The SMILES string of the molecule is O=C(O)c1cc(NC(=O)C2CC3CCC2C3)ccc1O. The van der Waals surface area contributed by atoms with Crippen molar-refractivity contribution in [3.63, 3.8) is 0 Å². The Hall–Kier alpha value is -2.04. The number of hydrogen-bond donors (Lipinski definition) is 3. The molecule has 0 radical (unpaired) electrons. The summed E-state index contributed by atoms with van der Waals surface area (Å²) in [6.07, 6.45) is 4.45. The molecule has 2 bridgehead atoms. The van der Waals surface area contributed by atoms with E-state index in [1.165, 1.54) is 24.6 Å². The van der Waals surface area contributed by atoms with Gasteiger partial charge in [-0.05, 0) is 49.3 Å². The molecule has 2 aliphatic carbocycles. The van der Waals surface area contributed by atoms with Crippen LogP contribution in [0.4, 0.5) is 5.69 Å². The van der Waals surface area contributed by atoms with Gasteiger partial charge in [-0.2, -0.15) is 0 Å². The summed E-state index contributed by atoms with van der Waals surface area (Å²) < 4.78 is 0. The summed E-state index contributed by atoms with van der Waals surface area (Å²) in [5, 5.41) is 21.2. The standard InChI is InChI=1S/C15H17NO4/c17-13-4-3-10(7-12(13)15(19)20)16-14(18)11-6-8-1-2-9(11)5-8/h3-4,7-9,11,17H,1-2,5-6H2,(H,16,18)(H,19,20). The minimum Gasteiger partial charge on any atom is -0.507 e. The molecule has 0 aromatic heterocycles. The molecular weight excluding hydrogens is 258 g/mol. The van der Waals surface area contributed by atoms with E-state index in [1.54, 1.807) is 0 Å². The Balaban J connectivity index is 1.73. The first-order valence-electron chi connectivity index (χ1n) is 6.91. The Bertz CT molecular complexity index is 569. The Labute approximate surface area is 116 Å². The van der Waals surface area contributed by atoms with Gasteiger partial charge in [-0.15, -0.1) is 0 Å². The minimum absolute atomic E-state index is 0.0285. The molecule has 3 atom stereocenters. The fourth-order valence-electron chi connectivity index (χ4n) is 3.59. The molecule has 1 aromatic carbocycles. The first-order chi connectivity index (χ1) is 9.54. The first kappa shape index (κ1) is 13.0. The lowest BCUT2D eigenvalue weighted by Crippen LogP contribution is -2.27. The fourth-order valence-corrected chi connectivity index (χ4v) is 3.59. The maximum absolute atomic E-state index is 12.2. The van der Waals surface area contributed by atoms with Gasteiger partial charge in [0.05, 0.1) is 0 Å². The monoisotopic (exact) mass is 275 g/mol. The summed E-state index contributed by atoms with van der Waals surface area (Å²) in [4.78, 5) is 23.2. The number of rotatable bonds is 3. The third-order valence-electron chi connectivity index (χ3n) is 4.57. The molecule has 0 aliphatic heterocycles. The lowest BCUT2D eigenvalue weighted by molar-refractivity contribution is -0.121. The summed E-state index contributed by atoms with van der Waals surface area (Å²) in [7, 11) is 0. The zero-order valence-corrected chi connectivity index (χ0v) is 11.0. The van der Waals surface area contributed by atoms with Gasteiger partial charge in [0.15, 0.2) is 0 Å². The maximum atomic E-state index is 12.2. The highest BCUT2D eigenvalue weighted by Crippen LogP contribution is 2.48. The van der Waals surface area contributed by atoms with Crippen LogP contribution in [-0.4, -0.2) is 22.1 Å². The van der Waals surface area contributed by atoms with E-state index < -0.39 is 5.97 Å². The van der Waals surface area contributed by atoms with Crippen molar-refractivity contribution in [1.29, 1.82) is 0 Å². The predicted molar refractivity (Wildman–Crippen MR) is 72.6 cm³/mol. The number of carboxylic acids is 1. The van der Waals surface area contributed by atoms with Crippen molar-refractivity contribution >= 4 is 17.6 Å². The Morgan fingerprint density at radius 3 is 2.60 bits per heavy atom. The van der Waals surface area contributed by atoms with Gasteiger partial charge in [0.2, 0.25) is 5.91 Å². The van der Waals surface area contributed by atoms with Crippen molar-refractivity contribution in [1.82, 2.24) is 0 Å². The Morgan fingerprint density at radius 1 is 1.20 bits per heavy atom. The third kappa shape index (κ3) is 2.24. The number of fused-ring (bicyclic) bond motifs is 2. The quantitative estimate of drug-likeness (QED) is 0.739. The summed E-state index contributed by atoms with van der Waals surface area (Å²) >= 11 is 0. The van der Waals surface area contributed by atoms with E-state index in [0.717, 1.165) is 19.3 Å². The summed E-state index contributed by atoms with van der Waals surface area (Å²) in [6, 6.07) is 4.11. The van der Waals surface area contributed by atoms with Crippen molar-refractivity contribution in [2.75, 3.05) is 5.32 Å². The number of aromatic carboxylic acids is 1. The molecule has 2 fully saturated rings. The van der Waals surface area contributed by atoms with Crippen LogP contribution in [0.3, 0.4) is 0 Å². The van der Waals surface area contributed by atoms with E-state index in [-0.39, 0.29) is 23.1 Å². The Kier molecular flexibility index (Phi) is 3.12. The number of benzene rings is 1. The van der Waals surface area contributed by atoms with Gasteiger partial charge in [-0.1, -0.05) is 6.42 Å².